The maximum Gasteiger partial charge on any atom is 0.341 e. The summed E-state index contributed by atoms with van der Waals surface area (Å²) in [6.45, 7) is 1.84. The molecule has 0 amide bonds. The van der Waals surface area contributed by atoms with Crippen molar-refractivity contribution in [3.05, 3.63) is 18.0 Å². The number of hydrogen-bond acceptors (Lipinski definition) is 6. The Balaban J connectivity index is 1.71. The summed E-state index contributed by atoms with van der Waals surface area (Å²) in [6.07, 6.45) is 3.00. The first-order valence-electron chi connectivity index (χ1n) is 5.61. The van der Waals surface area contributed by atoms with E-state index in [2.05, 4.69) is 19.6 Å². The van der Waals surface area contributed by atoms with Gasteiger partial charge in [-0.3, -0.25) is 0 Å². The number of piperidine rings is 1. The van der Waals surface area contributed by atoms with Crippen LogP contribution in [0.15, 0.2) is 12.4 Å². The number of esters is 1. The van der Waals surface area contributed by atoms with Crippen LogP contribution in [0.5, 0.6) is 0 Å². The predicted octanol–water partition coefficient (Wildman–Crippen LogP) is -0.344. The fraction of sp³-hybridized carbons (Fsp3) is 0.545. The molecule has 17 heavy (non-hydrogen) atoms. The van der Waals surface area contributed by atoms with Crippen LogP contribution in [-0.4, -0.2) is 42.2 Å². The maximum atomic E-state index is 11.2. The Hall–Kier alpha value is -1.69. The highest BCUT2D eigenvalue weighted by molar-refractivity contribution is 5.88. The zero-order valence-electron chi connectivity index (χ0n) is 9.54. The Labute approximate surface area is 98.8 Å². The van der Waals surface area contributed by atoms with Gasteiger partial charge in [0.05, 0.1) is 12.7 Å². The highest BCUT2D eigenvalue weighted by Crippen LogP contribution is 2.44. The van der Waals surface area contributed by atoms with Gasteiger partial charge in [0.15, 0.2) is 0 Å². The number of aromatic nitrogens is 2. The van der Waals surface area contributed by atoms with Crippen LogP contribution in [0, 0.1) is 11.8 Å². The Kier molecular flexibility index (Phi) is 2.25. The number of anilines is 1. The molecule has 1 saturated heterocycles. The SMILES string of the molecule is COC(=O)c1cnc(N2CC3C(N)C3C2)nc1. The van der Waals surface area contributed by atoms with Gasteiger partial charge in [0, 0.05) is 31.5 Å². The van der Waals surface area contributed by atoms with Crippen molar-refractivity contribution in [2.75, 3.05) is 25.1 Å². The van der Waals surface area contributed by atoms with Gasteiger partial charge in [-0.05, 0) is 11.8 Å². The first-order valence-corrected chi connectivity index (χ1v) is 5.61. The van der Waals surface area contributed by atoms with Crippen molar-refractivity contribution in [2.24, 2.45) is 17.6 Å². The summed E-state index contributed by atoms with van der Waals surface area (Å²) in [5.74, 6) is 1.44. The highest BCUT2D eigenvalue weighted by Gasteiger charge is 2.54. The van der Waals surface area contributed by atoms with Crippen molar-refractivity contribution < 1.29 is 9.53 Å². The smallest absolute Gasteiger partial charge is 0.341 e. The number of fused-ring (bicyclic) bond motifs is 1. The molecule has 6 heteroatoms. The molecule has 0 spiro atoms. The summed E-state index contributed by atoms with van der Waals surface area (Å²) in [5.41, 5.74) is 6.24. The molecule has 2 N–H and O–H groups in total. The third kappa shape index (κ3) is 1.64. The van der Waals surface area contributed by atoms with Gasteiger partial charge in [-0.2, -0.15) is 0 Å². The lowest BCUT2D eigenvalue weighted by molar-refractivity contribution is 0.0600. The number of hydrogen-bond donors (Lipinski definition) is 1. The molecule has 2 unspecified atom stereocenters. The fourth-order valence-electron chi connectivity index (χ4n) is 2.44. The van der Waals surface area contributed by atoms with Gasteiger partial charge in [0.25, 0.3) is 0 Å². The van der Waals surface area contributed by atoms with Gasteiger partial charge in [0.1, 0.15) is 0 Å². The number of ether oxygens (including phenoxy) is 1. The first kappa shape index (κ1) is 10.5. The molecule has 2 heterocycles. The Morgan fingerprint density at radius 2 is 2.00 bits per heavy atom. The second kappa shape index (κ2) is 3.66. The highest BCUT2D eigenvalue weighted by atomic mass is 16.5. The van der Waals surface area contributed by atoms with Crippen LogP contribution in [0.1, 0.15) is 10.4 Å². The van der Waals surface area contributed by atoms with E-state index >= 15 is 0 Å². The zero-order chi connectivity index (χ0) is 12.0. The van der Waals surface area contributed by atoms with E-state index in [1.165, 1.54) is 19.5 Å². The monoisotopic (exact) mass is 234 g/mol. The molecule has 2 atom stereocenters. The molecule has 6 nitrogen and oxygen atoms in total. The number of carbonyl (C=O) groups excluding carboxylic acids is 1. The number of carbonyl (C=O) groups is 1. The van der Waals surface area contributed by atoms with E-state index in [9.17, 15) is 4.79 Å². The topological polar surface area (TPSA) is 81.3 Å². The van der Waals surface area contributed by atoms with Gasteiger partial charge in [-0.25, -0.2) is 14.8 Å². The van der Waals surface area contributed by atoms with Crippen LogP contribution in [0.2, 0.25) is 0 Å². The standard InChI is InChI=1S/C11H14N4O2/c1-17-10(16)6-2-13-11(14-3-6)15-4-7-8(5-15)9(7)12/h2-3,7-9H,4-5,12H2,1H3. The van der Waals surface area contributed by atoms with Crippen LogP contribution >= 0.6 is 0 Å². The number of rotatable bonds is 2. The summed E-state index contributed by atoms with van der Waals surface area (Å²) in [6, 6.07) is 0.362. The van der Waals surface area contributed by atoms with Crippen LogP contribution < -0.4 is 10.6 Å². The summed E-state index contributed by atoms with van der Waals surface area (Å²) >= 11 is 0. The molecule has 1 aliphatic carbocycles. The largest absolute Gasteiger partial charge is 0.465 e. The molecule has 1 aliphatic heterocycles. The minimum Gasteiger partial charge on any atom is -0.465 e. The van der Waals surface area contributed by atoms with Gasteiger partial charge >= 0.3 is 5.97 Å². The third-order valence-electron chi connectivity index (χ3n) is 3.60. The average molecular weight is 234 g/mol. The van der Waals surface area contributed by atoms with E-state index in [0.717, 1.165) is 13.1 Å². The van der Waals surface area contributed by atoms with Crippen molar-refractivity contribution in [3.63, 3.8) is 0 Å². The van der Waals surface area contributed by atoms with Crippen molar-refractivity contribution in [2.45, 2.75) is 6.04 Å². The zero-order valence-corrected chi connectivity index (χ0v) is 9.54. The third-order valence-corrected chi connectivity index (χ3v) is 3.60. The Bertz CT molecular complexity index is 435. The lowest BCUT2D eigenvalue weighted by Gasteiger charge is -2.18. The Morgan fingerprint density at radius 3 is 2.53 bits per heavy atom. The molecule has 0 bridgehead atoms. The molecule has 0 radical (unpaired) electrons. The van der Waals surface area contributed by atoms with Crippen LogP contribution in [0.25, 0.3) is 0 Å². The number of methoxy groups -OCH3 is 1. The lowest BCUT2D eigenvalue weighted by Crippen LogP contribution is -2.29. The quantitative estimate of drug-likeness (QED) is 0.705. The molecular weight excluding hydrogens is 220 g/mol. The van der Waals surface area contributed by atoms with Crippen molar-refractivity contribution in [1.29, 1.82) is 0 Å². The molecule has 1 saturated carbocycles. The Morgan fingerprint density at radius 1 is 1.41 bits per heavy atom. The molecule has 90 valence electrons. The summed E-state index contributed by atoms with van der Waals surface area (Å²) in [7, 11) is 1.34. The van der Waals surface area contributed by atoms with Crippen molar-refractivity contribution in [1.82, 2.24) is 9.97 Å². The van der Waals surface area contributed by atoms with E-state index in [0.29, 0.717) is 29.4 Å². The molecule has 2 fully saturated rings. The van der Waals surface area contributed by atoms with Crippen molar-refractivity contribution >= 4 is 11.9 Å². The van der Waals surface area contributed by atoms with E-state index < -0.39 is 5.97 Å². The van der Waals surface area contributed by atoms with Gasteiger partial charge in [-0.1, -0.05) is 0 Å². The summed E-state index contributed by atoms with van der Waals surface area (Å²) in [4.78, 5) is 21.7. The summed E-state index contributed by atoms with van der Waals surface area (Å²) < 4.78 is 4.59. The normalized spacial score (nSPS) is 30.0. The number of nitrogens with zero attached hydrogens (tertiary/aromatic N) is 3. The van der Waals surface area contributed by atoms with E-state index in [4.69, 9.17) is 5.73 Å². The minimum absolute atomic E-state index is 0.362. The maximum absolute atomic E-state index is 11.2. The van der Waals surface area contributed by atoms with Gasteiger partial charge in [-0.15, -0.1) is 0 Å². The van der Waals surface area contributed by atoms with Crippen LogP contribution in [-0.2, 0) is 4.74 Å². The summed E-state index contributed by atoms with van der Waals surface area (Å²) in [5, 5.41) is 0. The van der Waals surface area contributed by atoms with Gasteiger partial charge in [0.2, 0.25) is 5.95 Å². The van der Waals surface area contributed by atoms with Crippen LogP contribution in [0.4, 0.5) is 5.95 Å². The molecule has 1 aromatic heterocycles. The first-order chi connectivity index (χ1) is 8.20. The molecule has 3 rings (SSSR count). The van der Waals surface area contributed by atoms with Gasteiger partial charge < -0.3 is 15.4 Å². The second-order valence-corrected chi connectivity index (χ2v) is 4.57. The fourth-order valence-corrected chi connectivity index (χ4v) is 2.44. The second-order valence-electron chi connectivity index (χ2n) is 4.57. The molecule has 0 aromatic carbocycles. The minimum atomic E-state index is -0.414. The predicted molar refractivity (Wildman–Crippen MR) is 60.5 cm³/mol. The average Bonchev–Trinajstić information content (AvgIpc) is 2.82. The van der Waals surface area contributed by atoms with Crippen molar-refractivity contribution in [3.8, 4) is 0 Å². The van der Waals surface area contributed by atoms with E-state index in [1.807, 2.05) is 0 Å². The molecule has 1 aromatic rings. The lowest BCUT2D eigenvalue weighted by atomic mass is 10.3. The molecule has 2 aliphatic rings. The molecular formula is C11H14N4O2. The van der Waals surface area contributed by atoms with Crippen LogP contribution in [0.3, 0.4) is 0 Å². The van der Waals surface area contributed by atoms with E-state index in [1.54, 1.807) is 0 Å². The number of nitrogens with two attached hydrogens (primary N) is 1. The van der Waals surface area contributed by atoms with E-state index in [-0.39, 0.29) is 0 Å².